The minimum atomic E-state index is -3.29. The van der Waals surface area contributed by atoms with Crippen LogP contribution in [0.3, 0.4) is 0 Å². The summed E-state index contributed by atoms with van der Waals surface area (Å²) in [5, 5.41) is 0. The molecule has 0 atom stereocenters. The third-order valence-electron chi connectivity index (χ3n) is 5.11. The number of amides is 1. The Balaban J connectivity index is 1.69. The summed E-state index contributed by atoms with van der Waals surface area (Å²) < 4.78 is 25.1. The van der Waals surface area contributed by atoms with Crippen LogP contribution in [0.2, 0.25) is 0 Å². The highest BCUT2D eigenvalue weighted by Crippen LogP contribution is 2.34. The van der Waals surface area contributed by atoms with Crippen LogP contribution in [0, 0.1) is 0 Å². The van der Waals surface area contributed by atoms with Gasteiger partial charge >= 0.3 is 0 Å². The van der Waals surface area contributed by atoms with Crippen LogP contribution in [-0.2, 0) is 22.9 Å². The molecular formula is C19H21N3O3S. The number of carbonyl (C=O) groups is 1. The van der Waals surface area contributed by atoms with Crippen LogP contribution in [0.1, 0.15) is 27.9 Å². The van der Waals surface area contributed by atoms with Crippen LogP contribution in [-0.4, -0.2) is 33.7 Å². The van der Waals surface area contributed by atoms with E-state index in [0.29, 0.717) is 30.8 Å². The highest BCUT2D eigenvalue weighted by Gasteiger charge is 2.29. The molecule has 2 aromatic rings. The van der Waals surface area contributed by atoms with E-state index >= 15 is 0 Å². The summed E-state index contributed by atoms with van der Waals surface area (Å²) >= 11 is 0. The van der Waals surface area contributed by atoms with Crippen molar-refractivity contribution in [1.82, 2.24) is 0 Å². The number of rotatable bonds is 2. The standard InChI is InChI=1S/C19H21N3O3S/c1-26(24,25)22-11-9-13-12-14(7-8-17(13)22)19(23)21-10-3-4-15-16(20)5-2-6-18(15)21/h2,5-8,12H,3-4,9-11,20H2,1H3. The van der Waals surface area contributed by atoms with Gasteiger partial charge in [0.25, 0.3) is 5.91 Å². The Morgan fingerprint density at radius 2 is 1.88 bits per heavy atom. The van der Waals surface area contributed by atoms with Crippen LogP contribution in [0.15, 0.2) is 36.4 Å². The number of benzene rings is 2. The molecule has 2 heterocycles. The Labute approximate surface area is 153 Å². The topological polar surface area (TPSA) is 83.7 Å². The molecule has 26 heavy (non-hydrogen) atoms. The third kappa shape index (κ3) is 2.72. The lowest BCUT2D eigenvalue weighted by Crippen LogP contribution is -2.35. The van der Waals surface area contributed by atoms with Crippen molar-refractivity contribution in [3.8, 4) is 0 Å². The molecule has 0 radical (unpaired) electrons. The molecule has 0 fully saturated rings. The molecule has 0 unspecified atom stereocenters. The molecule has 7 heteroatoms. The quantitative estimate of drug-likeness (QED) is 0.820. The average molecular weight is 371 g/mol. The van der Waals surface area contributed by atoms with Crippen molar-refractivity contribution in [2.24, 2.45) is 0 Å². The van der Waals surface area contributed by atoms with E-state index < -0.39 is 10.0 Å². The molecule has 2 aliphatic rings. The Bertz CT molecular complexity index is 1000. The van der Waals surface area contributed by atoms with Crippen molar-refractivity contribution < 1.29 is 13.2 Å². The molecule has 2 N–H and O–H groups in total. The Morgan fingerprint density at radius 1 is 1.08 bits per heavy atom. The maximum absolute atomic E-state index is 13.1. The zero-order chi connectivity index (χ0) is 18.5. The van der Waals surface area contributed by atoms with E-state index in [2.05, 4.69) is 0 Å². The molecule has 0 aromatic heterocycles. The van der Waals surface area contributed by atoms with Gasteiger partial charge in [-0.1, -0.05) is 6.07 Å². The summed E-state index contributed by atoms with van der Waals surface area (Å²) in [4.78, 5) is 14.9. The number of fused-ring (bicyclic) bond motifs is 2. The number of hydrogen-bond acceptors (Lipinski definition) is 4. The van der Waals surface area contributed by atoms with Gasteiger partial charge in [-0.2, -0.15) is 0 Å². The van der Waals surface area contributed by atoms with E-state index in [1.54, 1.807) is 17.0 Å². The van der Waals surface area contributed by atoms with Gasteiger partial charge in [-0.3, -0.25) is 9.10 Å². The first-order valence-corrected chi connectivity index (χ1v) is 10.5. The summed E-state index contributed by atoms with van der Waals surface area (Å²) in [6.45, 7) is 1.08. The Kier molecular flexibility index (Phi) is 3.91. The SMILES string of the molecule is CS(=O)(=O)N1CCc2cc(C(=O)N3CCCc4c(N)cccc43)ccc21. The summed E-state index contributed by atoms with van der Waals surface area (Å²) in [7, 11) is -3.29. The van der Waals surface area contributed by atoms with Gasteiger partial charge in [0.05, 0.1) is 11.9 Å². The van der Waals surface area contributed by atoms with Gasteiger partial charge in [0.15, 0.2) is 0 Å². The smallest absolute Gasteiger partial charge is 0.258 e. The number of hydrogen-bond donors (Lipinski definition) is 1. The van der Waals surface area contributed by atoms with Crippen molar-refractivity contribution in [3.63, 3.8) is 0 Å². The number of carbonyl (C=O) groups excluding carboxylic acids is 1. The minimum Gasteiger partial charge on any atom is -0.398 e. The van der Waals surface area contributed by atoms with Crippen LogP contribution in [0.4, 0.5) is 17.1 Å². The fraction of sp³-hybridized carbons (Fsp3) is 0.316. The first kappa shape index (κ1) is 16.9. The summed E-state index contributed by atoms with van der Waals surface area (Å²) in [5.41, 5.74) is 10.8. The highest BCUT2D eigenvalue weighted by molar-refractivity contribution is 7.92. The number of nitrogen functional groups attached to an aromatic ring is 1. The van der Waals surface area contributed by atoms with E-state index in [4.69, 9.17) is 5.73 Å². The van der Waals surface area contributed by atoms with Gasteiger partial charge in [0.1, 0.15) is 0 Å². The monoisotopic (exact) mass is 371 g/mol. The van der Waals surface area contributed by atoms with E-state index in [0.717, 1.165) is 35.3 Å². The predicted octanol–water partition coefficient (Wildman–Crippen LogP) is 2.18. The molecule has 0 aliphatic carbocycles. The number of nitrogens with zero attached hydrogens (tertiary/aromatic N) is 2. The molecule has 0 spiro atoms. The minimum absolute atomic E-state index is 0.0721. The van der Waals surface area contributed by atoms with Crippen molar-refractivity contribution in [2.45, 2.75) is 19.3 Å². The van der Waals surface area contributed by atoms with Gasteiger partial charge < -0.3 is 10.6 Å². The van der Waals surface area contributed by atoms with Crippen molar-refractivity contribution >= 4 is 33.0 Å². The lowest BCUT2D eigenvalue weighted by Gasteiger charge is -2.30. The zero-order valence-electron chi connectivity index (χ0n) is 14.6. The largest absolute Gasteiger partial charge is 0.398 e. The maximum Gasteiger partial charge on any atom is 0.258 e. The van der Waals surface area contributed by atoms with E-state index in [1.165, 1.54) is 10.6 Å². The lowest BCUT2D eigenvalue weighted by atomic mass is 9.98. The molecule has 6 nitrogen and oxygen atoms in total. The molecule has 2 aromatic carbocycles. The van der Waals surface area contributed by atoms with Crippen molar-refractivity contribution in [3.05, 3.63) is 53.1 Å². The zero-order valence-corrected chi connectivity index (χ0v) is 15.4. The second-order valence-corrected chi connectivity index (χ2v) is 8.74. The van der Waals surface area contributed by atoms with E-state index in [1.807, 2.05) is 24.3 Å². The normalized spacial score (nSPS) is 16.3. The van der Waals surface area contributed by atoms with Crippen LogP contribution >= 0.6 is 0 Å². The molecule has 2 aliphatic heterocycles. The second-order valence-electron chi connectivity index (χ2n) is 6.83. The molecule has 0 bridgehead atoms. The molecule has 1 amide bonds. The first-order chi connectivity index (χ1) is 12.4. The summed E-state index contributed by atoms with van der Waals surface area (Å²) in [5.74, 6) is -0.0721. The van der Waals surface area contributed by atoms with Crippen LogP contribution in [0.5, 0.6) is 0 Å². The van der Waals surface area contributed by atoms with Crippen LogP contribution in [0.25, 0.3) is 0 Å². The number of anilines is 3. The molecule has 4 rings (SSSR count). The first-order valence-electron chi connectivity index (χ1n) is 8.66. The van der Waals surface area contributed by atoms with Gasteiger partial charge in [0.2, 0.25) is 10.0 Å². The predicted molar refractivity (Wildman–Crippen MR) is 103 cm³/mol. The van der Waals surface area contributed by atoms with Gasteiger partial charge in [-0.05, 0) is 60.7 Å². The van der Waals surface area contributed by atoms with Gasteiger partial charge in [-0.25, -0.2) is 8.42 Å². The molecule has 0 saturated heterocycles. The highest BCUT2D eigenvalue weighted by atomic mass is 32.2. The lowest BCUT2D eigenvalue weighted by molar-refractivity contribution is 0.0985. The molecule has 136 valence electrons. The second kappa shape index (κ2) is 6.02. The molecule has 0 saturated carbocycles. The number of sulfonamides is 1. The fourth-order valence-electron chi connectivity index (χ4n) is 3.87. The summed E-state index contributed by atoms with van der Waals surface area (Å²) in [6, 6.07) is 10.9. The van der Waals surface area contributed by atoms with E-state index in [-0.39, 0.29) is 5.91 Å². The Hall–Kier alpha value is -2.54. The average Bonchev–Trinajstić information content (AvgIpc) is 3.04. The maximum atomic E-state index is 13.1. The van der Waals surface area contributed by atoms with Crippen molar-refractivity contribution in [2.75, 3.05) is 34.3 Å². The van der Waals surface area contributed by atoms with Gasteiger partial charge in [0, 0.05) is 30.0 Å². The van der Waals surface area contributed by atoms with Gasteiger partial charge in [-0.15, -0.1) is 0 Å². The number of nitrogens with two attached hydrogens (primary N) is 1. The Morgan fingerprint density at radius 3 is 2.65 bits per heavy atom. The van der Waals surface area contributed by atoms with Crippen molar-refractivity contribution in [1.29, 1.82) is 0 Å². The summed E-state index contributed by atoms with van der Waals surface area (Å²) in [6.07, 6.45) is 3.57. The molecular weight excluding hydrogens is 350 g/mol. The fourth-order valence-corrected chi connectivity index (χ4v) is 4.83. The van der Waals surface area contributed by atoms with E-state index in [9.17, 15) is 13.2 Å². The van der Waals surface area contributed by atoms with Crippen LogP contribution < -0.4 is 14.9 Å². The third-order valence-corrected chi connectivity index (χ3v) is 6.29.